The summed E-state index contributed by atoms with van der Waals surface area (Å²) < 4.78 is 13.3. The number of phenolic OH excluding ortho intramolecular Hbond substituents is 1. The van der Waals surface area contributed by atoms with Gasteiger partial charge in [-0.2, -0.15) is 0 Å². The van der Waals surface area contributed by atoms with Crippen LogP contribution in [0.15, 0.2) is 54.6 Å². The van der Waals surface area contributed by atoms with Crippen molar-refractivity contribution in [3.05, 3.63) is 71.6 Å². The highest BCUT2D eigenvalue weighted by Crippen LogP contribution is 2.32. The maximum absolute atomic E-state index is 13.3. The zero-order valence-corrected chi connectivity index (χ0v) is 13.4. The van der Waals surface area contributed by atoms with Crippen LogP contribution in [0.4, 0.5) is 4.39 Å². The van der Waals surface area contributed by atoms with Crippen LogP contribution in [0.25, 0.3) is 5.57 Å². The first kappa shape index (κ1) is 15.8. The van der Waals surface area contributed by atoms with E-state index >= 15 is 0 Å². The molecule has 1 heterocycles. The number of rotatable bonds is 3. The van der Waals surface area contributed by atoms with Gasteiger partial charge in [0.05, 0.1) is 0 Å². The number of likely N-dealkylation sites (tertiary alicyclic amines) is 1. The first-order valence-corrected chi connectivity index (χ1v) is 8.11. The highest BCUT2D eigenvalue weighted by Gasteiger charge is 2.19. The fourth-order valence-corrected chi connectivity index (χ4v) is 3.20. The molecule has 3 rings (SSSR count). The number of halogens is 1. The van der Waals surface area contributed by atoms with Gasteiger partial charge in [-0.3, -0.25) is 4.90 Å². The van der Waals surface area contributed by atoms with Gasteiger partial charge < -0.3 is 5.11 Å². The summed E-state index contributed by atoms with van der Waals surface area (Å²) in [5.41, 5.74) is 2.67. The van der Waals surface area contributed by atoms with Crippen molar-refractivity contribution in [1.82, 2.24) is 4.90 Å². The average Bonchev–Trinajstić information content (AvgIpc) is 2.56. The third kappa shape index (κ3) is 3.62. The van der Waals surface area contributed by atoms with Crippen LogP contribution in [-0.4, -0.2) is 29.6 Å². The van der Waals surface area contributed by atoms with E-state index in [0.29, 0.717) is 11.6 Å². The van der Waals surface area contributed by atoms with Crippen molar-refractivity contribution in [1.29, 1.82) is 0 Å². The molecule has 0 bridgehead atoms. The van der Waals surface area contributed by atoms with Gasteiger partial charge in [0.25, 0.3) is 0 Å². The smallest absolute Gasteiger partial charge is 0.126 e. The van der Waals surface area contributed by atoms with E-state index in [1.54, 1.807) is 6.07 Å². The molecule has 1 aliphatic rings. The van der Waals surface area contributed by atoms with Crippen LogP contribution < -0.4 is 0 Å². The third-order valence-electron chi connectivity index (χ3n) is 4.52. The molecule has 1 fully saturated rings. The second-order valence-corrected chi connectivity index (χ2v) is 6.15. The molecular weight excluding hydrogens is 289 g/mol. The minimum atomic E-state index is -0.423. The van der Waals surface area contributed by atoms with E-state index in [2.05, 4.69) is 18.0 Å². The van der Waals surface area contributed by atoms with Gasteiger partial charge in [0.2, 0.25) is 0 Å². The molecular formula is C20H22FNO. The van der Waals surface area contributed by atoms with Crippen molar-refractivity contribution < 1.29 is 9.50 Å². The van der Waals surface area contributed by atoms with Crippen molar-refractivity contribution in [2.75, 3.05) is 13.6 Å². The van der Waals surface area contributed by atoms with Gasteiger partial charge in [0.15, 0.2) is 0 Å². The summed E-state index contributed by atoms with van der Waals surface area (Å²) in [4.78, 5) is 2.34. The lowest BCUT2D eigenvalue weighted by Crippen LogP contribution is -2.34. The SMILES string of the molecule is CN1CCCCC1/C=C(\c1ccccc1)c1ccc(F)cc1O. The lowest BCUT2D eigenvalue weighted by molar-refractivity contribution is 0.222. The number of piperidine rings is 1. The first-order chi connectivity index (χ1) is 11.1. The van der Waals surface area contributed by atoms with E-state index in [1.165, 1.54) is 25.0 Å². The largest absolute Gasteiger partial charge is 0.507 e. The van der Waals surface area contributed by atoms with Crippen molar-refractivity contribution in [3.63, 3.8) is 0 Å². The zero-order valence-electron chi connectivity index (χ0n) is 13.4. The molecule has 2 nitrogen and oxygen atoms in total. The Morgan fingerprint density at radius 2 is 1.96 bits per heavy atom. The summed E-state index contributed by atoms with van der Waals surface area (Å²) >= 11 is 0. The Labute approximate surface area is 136 Å². The lowest BCUT2D eigenvalue weighted by atomic mass is 9.92. The van der Waals surface area contributed by atoms with Crippen molar-refractivity contribution in [2.45, 2.75) is 25.3 Å². The van der Waals surface area contributed by atoms with Crippen LogP contribution in [0.1, 0.15) is 30.4 Å². The van der Waals surface area contributed by atoms with E-state index < -0.39 is 5.82 Å². The normalized spacial score (nSPS) is 19.7. The van der Waals surface area contributed by atoms with Crippen LogP contribution in [-0.2, 0) is 0 Å². The molecule has 0 amide bonds. The average molecular weight is 311 g/mol. The molecule has 2 aromatic carbocycles. The molecule has 1 N–H and O–H groups in total. The van der Waals surface area contributed by atoms with Gasteiger partial charge in [-0.05, 0) is 49.7 Å². The van der Waals surface area contributed by atoms with Crippen LogP contribution >= 0.6 is 0 Å². The summed E-state index contributed by atoms with van der Waals surface area (Å²) in [6.45, 7) is 1.08. The molecule has 120 valence electrons. The molecule has 0 aromatic heterocycles. The minimum absolute atomic E-state index is 0.0152. The molecule has 0 spiro atoms. The predicted octanol–water partition coefficient (Wildman–Crippen LogP) is 4.45. The molecule has 1 saturated heterocycles. The first-order valence-electron chi connectivity index (χ1n) is 8.11. The van der Waals surface area contributed by atoms with E-state index in [0.717, 1.165) is 24.1 Å². The van der Waals surface area contributed by atoms with Gasteiger partial charge in [0.1, 0.15) is 11.6 Å². The molecule has 3 heteroatoms. The fourth-order valence-electron chi connectivity index (χ4n) is 3.20. The Kier molecular flexibility index (Phi) is 4.77. The Balaban J connectivity index is 2.07. The molecule has 2 aromatic rings. The van der Waals surface area contributed by atoms with E-state index in [4.69, 9.17) is 0 Å². The van der Waals surface area contributed by atoms with Gasteiger partial charge in [-0.1, -0.05) is 42.8 Å². The maximum atomic E-state index is 13.3. The molecule has 0 saturated carbocycles. The molecule has 1 atom stereocenters. The molecule has 23 heavy (non-hydrogen) atoms. The molecule has 1 aliphatic heterocycles. The number of benzene rings is 2. The van der Waals surface area contributed by atoms with E-state index in [-0.39, 0.29) is 5.75 Å². The monoisotopic (exact) mass is 311 g/mol. The molecule has 0 aliphatic carbocycles. The van der Waals surface area contributed by atoms with E-state index in [9.17, 15) is 9.50 Å². The Bertz CT molecular complexity index is 696. The summed E-state index contributed by atoms with van der Waals surface area (Å²) in [5, 5.41) is 10.2. The Hall–Kier alpha value is -2.13. The summed E-state index contributed by atoms with van der Waals surface area (Å²) in [6, 6.07) is 14.6. The van der Waals surface area contributed by atoms with Gasteiger partial charge in [0, 0.05) is 17.7 Å². The van der Waals surface area contributed by atoms with Gasteiger partial charge in [-0.15, -0.1) is 0 Å². The molecule has 1 unspecified atom stereocenters. The summed E-state index contributed by atoms with van der Waals surface area (Å²) in [7, 11) is 2.13. The second kappa shape index (κ2) is 6.97. The highest BCUT2D eigenvalue weighted by molar-refractivity contribution is 5.83. The number of hydrogen-bond acceptors (Lipinski definition) is 2. The zero-order chi connectivity index (χ0) is 16.2. The summed E-state index contributed by atoms with van der Waals surface area (Å²) in [6.07, 6.45) is 5.75. The van der Waals surface area contributed by atoms with Gasteiger partial charge in [-0.25, -0.2) is 4.39 Å². The standard InChI is InChI=1S/C20H22FNO/c1-22-12-6-5-9-17(22)14-19(15-7-3-2-4-8-15)18-11-10-16(21)13-20(18)23/h2-4,7-8,10-11,13-14,17,23H,5-6,9,12H2,1H3/b19-14+. The number of hydrogen-bond donors (Lipinski definition) is 1. The van der Waals surface area contributed by atoms with Crippen LogP contribution in [0.5, 0.6) is 5.75 Å². The van der Waals surface area contributed by atoms with Crippen molar-refractivity contribution in [2.24, 2.45) is 0 Å². The van der Waals surface area contributed by atoms with Crippen molar-refractivity contribution in [3.8, 4) is 5.75 Å². The van der Waals surface area contributed by atoms with Crippen LogP contribution in [0.3, 0.4) is 0 Å². The quantitative estimate of drug-likeness (QED) is 0.905. The number of likely N-dealkylation sites (N-methyl/N-ethyl adjacent to an activating group) is 1. The number of nitrogens with zero attached hydrogens (tertiary/aromatic N) is 1. The highest BCUT2D eigenvalue weighted by atomic mass is 19.1. The van der Waals surface area contributed by atoms with Crippen molar-refractivity contribution >= 4 is 5.57 Å². The van der Waals surface area contributed by atoms with E-state index in [1.807, 2.05) is 30.3 Å². The summed E-state index contributed by atoms with van der Waals surface area (Å²) in [5.74, 6) is -0.438. The van der Waals surface area contributed by atoms with Crippen LogP contribution in [0, 0.1) is 5.82 Å². The minimum Gasteiger partial charge on any atom is -0.507 e. The fraction of sp³-hybridized carbons (Fsp3) is 0.300. The third-order valence-corrected chi connectivity index (χ3v) is 4.52. The molecule has 0 radical (unpaired) electrons. The van der Waals surface area contributed by atoms with Crippen LogP contribution in [0.2, 0.25) is 0 Å². The lowest BCUT2D eigenvalue weighted by Gasteiger charge is -2.31. The second-order valence-electron chi connectivity index (χ2n) is 6.15. The Morgan fingerprint density at radius 1 is 1.17 bits per heavy atom. The topological polar surface area (TPSA) is 23.5 Å². The Morgan fingerprint density at radius 3 is 2.65 bits per heavy atom. The maximum Gasteiger partial charge on any atom is 0.126 e. The number of phenols is 1. The predicted molar refractivity (Wildman–Crippen MR) is 91.9 cm³/mol. The van der Waals surface area contributed by atoms with Gasteiger partial charge >= 0.3 is 0 Å². The number of aromatic hydroxyl groups is 1.